The zero-order chi connectivity index (χ0) is 12.9. The van der Waals surface area contributed by atoms with Gasteiger partial charge in [-0.1, -0.05) is 0 Å². The number of hydrogen-bond acceptors (Lipinski definition) is 6. The number of nitrogens with two attached hydrogens (primary N) is 1. The van der Waals surface area contributed by atoms with Crippen molar-refractivity contribution in [3.8, 4) is 0 Å². The van der Waals surface area contributed by atoms with E-state index in [9.17, 15) is 0 Å². The number of nitrogens with one attached hydrogen (secondary N) is 1. The monoisotopic (exact) mass is 259 g/mol. The molecule has 3 N–H and O–H groups in total. The minimum Gasteiger partial charge on any atom is -0.307 e. The number of hydrogen-bond donors (Lipinski definition) is 2. The van der Waals surface area contributed by atoms with Crippen LogP contribution in [0.3, 0.4) is 0 Å². The number of aromatic nitrogens is 3. The summed E-state index contributed by atoms with van der Waals surface area (Å²) in [6.07, 6.45) is 0. The van der Waals surface area contributed by atoms with Crippen molar-refractivity contribution >= 4 is 37.6 Å². The van der Waals surface area contributed by atoms with Crippen molar-refractivity contribution in [2.45, 2.75) is 20.8 Å². The van der Waals surface area contributed by atoms with Gasteiger partial charge >= 0.3 is 0 Å². The van der Waals surface area contributed by atoms with E-state index in [2.05, 4.69) is 33.4 Å². The number of nitrogen functional groups attached to an aromatic ring is 1. The Hall–Kier alpha value is -1.79. The molecule has 0 saturated heterocycles. The maximum atomic E-state index is 5.52. The Bertz CT molecular complexity index is 762. The van der Waals surface area contributed by atoms with Crippen LogP contribution in [0.2, 0.25) is 0 Å². The molecule has 0 aliphatic heterocycles. The maximum Gasteiger partial charge on any atom is 0.161 e. The van der Waals surface area contributed by atoms with E-state index in [1.165, 1.54) is 5.56 Å². The molecule has 0 radical (unpaired) electrons. The van der Waals surface area contributed by atoms with E-state index in [1.54, 1.807) is 11.3 Å². The third-order valence-corrected chi connectivity index (χ3v) is 3.94. The first-order valence-electron chi connectivity index (χ1n) is 5.62. The molecule has 0 atom stereocenters. The Labute approximate surface area is 108 Å². The SMILES string of the molecule is Cc1cc(C)c2c(n1)sc1c(NN)nc(C)nc12. The Morgan fingerprint density at radius 1 is 1.17 bits per heavy atom. The molecule has 0 aliphatic rings. The molecule has 0 spiro atoms. The summed E-state index contributed by atoms with van der Waals surface area (Å²) >= 11 is 1.57. The standard InChI is InChI=1S/C12H13N5S/c1-5-4-6(2)14-12-8(5)9-10(18-12)11(17-13)16-7(3)15-9/h4H,13H2,1-3H3,(H,15,16,17). The van der Waals surface area contributed by atoms with Gasteiger partial charge in [-0.05, 0) is 32.4 Å². The molecule has 3 heterocycles. The van der Waals surface area contributed by atoms with Crippen molar-refractivity contribution in [1.29, 1.82) is 0 Å². The van der Waals surface area contributed by atoms with Crippen LogP contribution in [0.25, 0.3) is 20.4 Å². The van der Waals surface area contributed by atoms with Crippen LogP contribution in [0.4, 0.5) is 5.82 Å². The zero-order valence-electron chi connectivity index (χ0n) is 10.4. The van der Waals surface area contributed by atoms with Gasteiger partial charge in [0.1, 0.15) is 10.7 Å². The summed E-state index contributed by atoms with van der Waals surface area (Å²) in [6, 6.07) is 2.07. The van der Waals surface area contributed by atoms with Crippen molar-refractivity contribution in [2.24, 2.45) is 5.84 Å². The number of hydrazine groups is 1. The molecule has 92 valence electrons. The van der Waals surface area contributed by atoms with Gasteiger partial charge in [-0.15, -0.1) is 11.3 Å². The van der Waals surface area contributed by atoms with Crippen molar-refractivity contribution < 1.29 is 0 Å². The molecule has 3 aromatic heterocycles. The summed E-state index contributed by atoms with van der Waals surface area (Å²) < 4.78 is 0.958. The van der Waals surface area contributed by atoms with Crippen LogP contribution in [0, 0.1) is 20.8 Å². The molecule has 3 aromatic rings. The first kappa shape index (κ1) is 11.3. The zero-order valence-corrected chi connectivity index (χ0v) is 11.2. The lowest BCUT2D eigenvalue weighted by Crippen LogP contribution is -2.09. The minimum absolute atomic E-state index is 0.664. The predicted octanol–water partition coefficient (Wildman–Crippen LogP) is 2.45. The lowest BCUT2D eigenvalue weighted by atomic mass is 10.1. The summed E-state index contributed by atoms with van der Waals surface area (Å²) in [5.74, 6) is 6.89. The Morgan fingerprint density at radius 2 is 1.94 bits per heavy atom. The normalized spacial score (nSPS) is 11.3. The number of nitrogens with zero attached hydrogens (tertiary/aromatic N) is 3. The second-order valence-electron chi connectivity index (χ2n) is 4.30. The number of pyridine rings is 1. The molecular weight excluding hydrogens is 246 g/mol. The molecule has 0 bridgehead atoms. The summed E-state index contributed by atoms with van der Waals surface area (Å²) in [6.45, 7) is 5.94. The smallest absolute Gasteiger partial charge is 0.161 e. The van der Waals surface area contributed by atoms with Crippen molar-refractivity contribution in [3.63, 3.8) is 0 Å². The fourth-order valence-corrected chi connectivity index (χ4v) is 3.38. The first-order valence-corrected chi connectivity index (χ1v) is 6.43. The van der Waals surface area contributed by atoms with E-state index >= 15 is 0 Å². The van der Waals surface area contributed by atoms with E-state index in [0.29, 0.717) is 11.6 Å². The van der Waals surface area contributed by atoms with E-state index in [4.69, 9.17) is 5.84 Å². The quantitative estimate of drug-likeness (QED) is 0.518. The third kappa shape index (κ3) is 1.53. The van der Waals surface area contributed by atoms with Gasteiger partial charge in [0, 0.05) is 11.1 Å². The van der Waals surface area contributed by atoms with Gasteiger partial charge < -0.3 is 5.43 Å². The molecule has 0 amide bonds. The molecule has 18 heavy (non-hydrogen) atoms. The Kier molecular flexibility index (Phi) is 2.42. The largest absolute Gasteiger partial charge is 0.307 e. The minimum atomic E-state index is 0.664. The highest BCUT2D eigenvalue weighted by Crippen LogP contribution is 2.36. The second kappa shape index (κ2) is 3.86. The lowest BCUT2D eigenvalue weighted by Gasteiger charge is -2.02. The highest BCUT2D eigenvalue weighted by Gasteiger charge is 2.15. The van der Waals surface area contributed by atoms with Gasteiger partial charge in [0.05, 0.1) is 10.2 Å². The van der Waals surface area contributed by atoms with Crippen LogP contribution < -0.4 is 11.3 Å². The molecule has 6 heteroatoms. The van der Waals surface area contributed by atoms with Crippen LogP contribution >= 0.6 is 11.3 Å². The number of thiophene rings is 1. The average Bonchev–Trinajstić information content (AvgIpc) is 2.65. The molecule has 0 aliphatic carbocycles. The number of anilines is 1. The van der Waals surface area contributed by atoms with Crippen molar-refractivity contribution in [1.82, 2.24) is 15.0 Å². The molecule has 0 fully saturated rings. The van der Waals surface area contributed by atoms with Crippen molar-refractivity contribution in [3.05, 3.63) is 23.1 Å². The van der Waals surface area contributed by atoms with Gasteiger partial charge in [-0.25, -0.2) is 20.8 Å². The Balaban J connectivity index is 2.55. The van der Waals surface area contributed by atoms with Crippen LogP contribution in [0.5, 0.6) is 0 Å². The van der Waals surface area contributed by atoms with Gasteiger partial charge in [0.2, 0.25) is 0 Å². The summed E-state index contributed by atoms with van der Waals surface area (Å²) in [4.78, 5) is 14.4. The third-order valence-electron chi connectivity index (χ3n) is 2.86. The second-order valence-corrected chi connectivity index (χ2v) is 5.30. The number of fused-ring (bicyclic) bond motifs is 3. The number of rotatable bonds is 1. The van der Waals surface area contributed by atoms with Crippen LogP contribution in [-0.4, -0.2) is 15.0 Å². The van der Waals surface area contributed by atoms with Crippen molar-refractivity contribution in [2.75, 3.05) is 5.43 Å². The average molecular weight is 259 g/mol. The molecule has 5 nitrogen and oxygen atoms in total. The van der Waals surface area contributed by atoms with Crippen LogP contribution in [-0.2, 0) is 0 Å². The fourth-order valence-electron chi connectivity index (χ4n) is 2.19. The summed E-state index contributed by atoms with van der Waals surface area (Å²) in [5.41, 5.74) is 5.77. The maximum absolute atomic E-state index is 5.52. The first-order chi connectivity index (χ1) is 8.60. The van der Waals surface area contributed by atoms with E-state index in [0.717, 1.165) is 26.1 Å². The summed E-state index contributed by atoms with van der Waals surface area (Å²) in [7, 11) is 0. The van der Waals surface area contributed by atoms with E-state index in [1.807, 2.05) is 13.8 Å². The molecule has 0 aromatic carbocycles. The Morgan fingerprint density at radius 3 is 2.67 bits per heavy atom. The fraction of sp³-hybridized carbons (Fsp3) is 0.250. The number of aryl methyl sites for hydroxylation is 3. The summed E-state index contributed by atoms with van der Waals surface area (Å²) in [5, 5.41) is 1.10. The molecular formula is C12H13N5S. The molecule has 3 rings (SSSR count). The van der Waals surface area contributed by atoms with Gasteiger partial charge in [-0.2, -0.15) is 0 Å². The highest BCUT2D eigenvalue weighted by atomic mass is 32.1. The van der Waals surface area contributed by atoms with E-state index < -0.39 is 0 Å². The topological polar surface area (TPSA) is 76.7 Å². The predicted molar refractivity (Wildman–Crippen MR) is 74.7 cm³/mol. The lowest BCUT2D eigenvalue weighted by molar-refractivity contribution is 1.08. The van der Waals surface area contributed by atoms with Crippen LogP contribution in [0.1, 0.15) is 17.1 Å². The molecule has 0 saturated carbocycles. The highest BCUT2D eigenvalue weighted by molar-refractivity contribution is 7.26. The van der Waals surface area contributed by atoms with Crippen LogP contribution in [0.15, 0.2) is 6.07 Å². The van der Waals surface area contributed by atoms with Gasteiger partial charge in [-0.3, -0.25) is 0 Å². The van der Waals surface area contributed by atoms with Gasteiger partial charge in [0.25, 0.3) is 0 Å². The van der Waals surface area contributed by atoms with Gasteiger partial charge in [0.15, 0.2) is 5.82 Å². The van der Waals surface area contributed by atoms with E-state index in [-0.39, 0.29) is 0 Å². The molecule has 0 unspecified atom stereocenters.